The van der Waals surface area contributed by atoms with E-state index < -0.39 is 48.5 Å². The molecule has 296 valence electrons. The fourth-order valence-corrected chi connectivity index (χ4v) is 7.47. The van der Waals surface area contributed by atoms with Crippen LogP contribution in [0.15, 0.2) is 0 Å². The van der Waals surface area contributed by atoms with Crippen LogP contribution in [0.25, 0.3) is 0 Å². The highest BCUT2D eigenvalue weighted by Gasteiger charge is 2.59. The lowest BCUT2D eigenvalue weighted by atomic mass is 9.80. The predicted molar refractivity (Wildman–Crippen MR) is 205 cm³/mol. The van der Waals surface area contributed by atoms with Crippen LogP contribution in [0.1, 0.15) is 201 Å². The quantitative estimate of drug-likeness (QED) is 0.0338. The Morgan fingerprint density at radius 1 is 0.640 bits per heavy atom. The maximum Gasteiger partial charge on any atom is 0.225 e. The Bertz CT molecular complexity index is 845. The Balaban J connectivity index is 2.65. The molecule has 0 bridgehead atoms. The topological polar surface area (TPSA) is 159 Å². The van der Waals surface area contributed by atoms with E-state index in [-0.39, 0.29) is 18.9 Å². The minimum atomic E-state index is -2.03. The fourth-order valence-electron chi connectivity index (χ4n) is 7.47. The number of carbonyl (C=O) groups excluding carboxylic acids is 2. The third kappa shape index (κ3) is 18.6. The molecule has 0 unspecified atom stereocenters. The SMILES string of the molecule is CCCCCCCCCCCCCCCCCC(=O)N(CCCCCCCCCCCCCC)[C@]1(N)O[C@H](CO)[C@@H](O)[C@H](O)[C@H]1C(=O)[C@H](C)N. The molecule has 0 radical (unpaired) electrons. The summed E-state index contributed by atoms with van der Waals surface area (Å²) >= 11 is 0. The van der Waals surface area contributed by atoms with Gasteiger partial charge in [-0.3, -0.25) is 15.3 Å². The van der Waals surface area contributed by atoms with E-state index in [9.17, 15) is 24.9 Å². The van der Waals surface area contributed by atoms with Crippen LogP contribution < -0.4 is 11.5 Å². The number of nitrogens with two attached hydrogens (primary N) is 2. The summed E-state index contributed by atoms with van der Waals surface area (Å²) in [5.74, 6) is -4.30. The van der Waals surface area contributed by atoms with Gasteiger partial charge < -0.3 is 30.7 Å². The van der Waals surface area contributed by atoms with E-state index in [1.165, 1.54) is 134 Å². The molecule has 0 aromatic heterocycles. The number of ketones is 1. The van der Waals surface area contributed by atoms with Crippen molar-refractivity contribution >= 4 is 11.7 Å². The van der Waals surface area contributed by atoms with Gasteiger partial charge in [0.2, 0.25) is 11.8 Å². The van der Waals surface area contributed by atoms with Gasteiger partial charge in [0.1, 0.15) is 18.1 Å². The molecular formula is C41H81N3O6. The van der Waals surface area contributed by atoms with Crippen LogP contribution in [0.2, 0.25) is 0 Å². The molecule has 1 heterocycles. The second-order valence-corrected chi connectivity index (χ2v) is 15.4. The van der Waals surface area contributed by atoms with Crippen LogP contribution in [-0.4, -0.2) is 75.3 Å². The molecule has 0 spiro atoms. The lowest BCUT2D eigenvalue weighted by Crippen LogP contribution is -2.76. The third-order valence-corrected chi connectivity index (χ3v) is 10.7. The van der Waals surface area contributed by atoms with E-state index in [0.29, 0.717) is 12.8 Å². The molecular weight excluding hydrogens is 630 g/mol. The van der Waals surface area contributed by atoms with Gasteiger partial charge in [-0.15, -0.1) is 0 Å². The minimum absolute atomic E-state index is 0.243. The number of nitrogens with zero attached hydrogens (tertiary/aromatic N) is 1. The fraction of sp³-hybridized carbons (Fsp3) is 0.951. The van der Waals surface area contributed by atoms with Gasteiger partial charge in [0.15, 0.2) is 5.78 Å². The normalized spacial score (nSPS) is 22.9. The minimum Gasteiger partial charge on any atom is -0.394 e. The van der Waals surface area contributed by atoms with Crippen molar-refractivity contribution in [1.29, 1.82) is 0 Å². The van der Waals surface area contributed by atoms with Crippen molar-refractivity contribution < 1.29 is 29.6 Å². The van der Waals surface area contributed by atoms with E-state index in [1.54, 1.807) is 0 Å². The second-order valence-electron chi connectivity index (χ2n) is 15.4. The summed E-state index contributed by atoms with van der Waals surface area (Å²) < 4.78 is 6.01. The van der Waals surface area contributed by atoms with Gasteiger partial charge in [0, 0.05) is 13.0 Å². The molecule has 1 fully saturated rings. The van der Waals surface area contributed by atoms with Crippen LogP contribution in [0.3, 0.4) is 0 Å². The number of hydrogen-bond donors (Lipinski definition) is 5. The third-order valence-electron chi connectivity index (χ3n) is 10.7. The molecule has 1 saturated heterocycles. The van der Waals surface area contributed by atoms with E-state index in [2.05, 4.69) is 13.8 Å². The molecule has 0 saturated carbocycles. The Morgan fingerprint density at radius 3 is 1.36 bits per heavy atom. The number of hydrogen-bond acceptors (Lipinski definition) is 8. The van der Waals surface area contributed by atoms with Gasteiger partial charge in [-0.1, -0.05) is 174 Å². The van der Waals surface area contributed by atoms with Crippen molar-refractivity contribution in [2.75, 3.05) is 13.2 Å². The highest BCUT2D eigenvalue weighted by atomic mass is 16.6. The van der Waals surface area contributed by atoms with Crippen LogP contribution in [0, 0.1) is 5.92 Å². The van der Waals surface area contributed by atoms with E-state index in [1.807, 2.05) is 0 Å². The molecule has 9 nitrogen and oxygen atoms in total. The molecule has 9 heteroatoms. The smallest absolute Gasteiger partial charge is 0.225 e. The largest absolute Gasteiger partial charge is 0.394 e. The number of carbonyl (C=O) groups is 2. The molecule has 0 aromatic rings. The first-order valence-electron chi connectivity index (χ1n) is 21.2. The second kappa shape index (κ2) is 29.4. The van der Waals surface area contributed by atoms with Gasteiger partial charge in [-0.05, 0) is 19.8 Å². The van der Waals surface area contributed by atoms with Gasteiger partial charge in [0.25, 0.3) is 0 Å². The molecule has 0 aromatic carbocycles. The first kappa shape index (κ1) is 46.9. The molecule has 1 rings (SSSR count). The maximum absolute atomic E-state index is 13.9. The average molecular weight is 712 g/mol. The Hall–Kier alpha value is -1.10. The number of Topliss-reactive ketones (excluding diaryl/α,β-unsaturated/α-hetero) is 1. The van der Waals surface area contributed by atoms with Crippen LogP contribution in [0.4, 0.5) is 0 Å². The number of ether oxygens (including phenoxy) is 1. The zero-order valence-electron chi connectivity index (χ0n) is 32.8. The van der Waals surface area contributed by atoms with Crippen molar-refractivity contribution in [3.05, 3.63) is 0 Å². The number of aliphatic hydroxyl groups is 3. The van der Waals surface area contributed by atoms with Crippen molar-refractivity contribution in [3.8, 4) is 0 Å². The number of rotatable bonds is 33. The standard InChI is InChI=1S/C41H81N3O6/c1-4-6-8-10-12-14-16-18-19-20-21-23-25-27-29-31-36(46)44(32-30-28-26-24-22-17-15-13-11-9-7-5-2)41(43)37(38(47)34(3)42)40(49)39(48)35(33-45)50-41/h34-35,37,39-40,45,48-49H,4-33,42-43H2,1-3H3/t34-,35+,37+,39+,40+,41-/m0/s1. The summed E-state index contributed by atoms with van der Waals surface area (Å²) in [5, 5.41) is 31.7. The lowest BCUT2D eigenvalue weighted by Gasteiger charge is -2.53. The van der Waals surface area contributed by atoms with Crippen molar-refractivity contribution in [1.82, 2.24) is 4.90 Å². The number of aliphatic hydroxyl groups excluding tert-OH is 3. The van der Waals surface area contributed by atoms with Gasteiger partial charge in [-0.2, -0.15) is 0 Å². The summed E-state index contributed by atoms with van der Waals surface area (Å²) in [4.78, 5) is 28.6. The van der Waals surface area contributed by atoms with Crippen LogP contribution in [-0.2, 0) is 14.3 Å². The Kier molecular flexibility index (Phi) is 27.6. The van der Waals surface area contributed by atoms with E-state index in [0.717, 1.165) is 38.5 Å². The Morgan fingerprint density at radius 2 is 1.00 bits per heavy atom. The van der Waals surface area contributed by atoms with Gasteiger partial charge in [-0.25, -0.2) is 0 Å². The molecule has 1 amide bonds. The summed E-state index contributed by atoms with van der Waals surface area (Å²) in [6, 6.07) is -0.988. The van der Waals surface area contributed by atoms with E-state index in [4.69, 9.17) is 16.2 Å². The first-order valence-corrected chi connectivity index (χ1v) is 21.2. The number of amides is 1. The zero-order valence-corrected chi connectivity index (χ0v) is 32.8. The van der Waals surface area contributed by atoms with Gasteiger partial charge in [0.05, 0.1) is 18.8 Å². The maximum atomic E-state index is 13.9. The van der Waals surface area contributed by atoms with Crippen molar-refractivity contribution in [3.63, 3.8) is 0 Å². The molecule has 0 aliphatic carbocycles. The monoisotopic (exact) mass is 712 g/mol. The molecule has 6 atom stereocenters. The molecule has 1 aliphatic rings. The number of unbranched alkanes of at least 4 members (excludes halogenated alkanes) is 25. The summed E-state index contributed by atoms with van der Waals surface area (Å²) in [6.45, 7) is 5.64. The van der Waals surface area contributed by atoms with Crippen LogP contribution in [0.5, 0.6) is 0 Å². The highest BCUT2D eigenvalue weighted by Crippen LogP contribution is 2.36. The summed E-state index contributed by atoms with van der Waals surface area (Å²) in [7, 11) is 0. The first-order chi connectivity index (χ1) is 24.1. The zero-order chi connectivity index (χ0) is 37.0. The molecule has 7 N–H and O–H groups in total. The Labute approximate surface area is 307 Å². The van der Waals surface area contributed by atoms with E-state index >= 15 is 0 Å². The summed E-state index contributed by atoms with van der Waals surface area (Å²) in [5.41, 5.74) is 12.8. The van der Waals surface area contributed by atoms with Crippen molar-refractivity contribution in [2.24, 2.45) is 17.4 Å². The van der Waals surface area contributed by atoms with Gasteiger partial charge >= 0.3 is 0 Å². The summed E-state index contributed by atoms with van der Waals surface area (Å²) in [6.07, 6.45) is 28.4. The van der Waals surface area contributed by atoms with Crippen molar-refractivity contribution in [2.45, 2.75) is 231 Å². The average Bonchev–Trinajstić information content (AvgIpc) is 3.09. The van der Waals surface area contributed by atoms with Crippen LogP contribution >= 0.6 is 0 Å². The predicted octanol–water partition coefficient (Wildman–Crippen LogP) is 8.04. The lowest BCUT2D eigenvalue weighted by molar-refractivity contribution is -0.291. The molecule has 1 aliphatic heterocycles. The molecule has 50 heavy (non-hydrogen) atoms. The highest BCUT2D eigenvalue weighted by molar-refractivity contribution is 5.88.